The maximum absolute atomic E-state index is 12.4. The van der Waals surface area contributed by atoms with Crippen molar-refractivity contribution in [3.05, 3.63) is 65.9 Å². The Morgan fingerprint density at radius 3 is 2.17 bits per heavy atom. The van der Waals surface area contributed by atoms with Gasteiger partial charge in [-0.2, -0.15) is 31.8 Å². The number of azo groups is 1. The summed E-state index contributed by atoms with van der Waals surface area (Å²) in [6, 6.07) is 12.6. The summed E-state index contributed by atoms with van der Waals surface area (Å²) in [6.45, 7) is 1.08. The summed E-state index contributed by atoms with van der Waals surface area (Å²) in [5, 5.41) is 50.6. The first-order valence-corrected chi connectivity index (χ1v) is 20.9. The van der Waals surface area contributed by atoms with Crippen LogP contribution in [0.2, 0.25) is 5.28 Å². The van der Waals surface area contributed by atoms with E-state index in [0.717, 1.165) is 49.3 Å². The minimum atomic E-state index is -4.98. The van der Waals surface area contributed by atoms with Gasteiger partial charge >= 0.3 is 5.97 Å². The van der Waals surface area contributed by atoms with Crippen molar-refractivity contribution in [2.24, 2.45) is 10.2 Å². The summed E-state index contributed by atoms with van der Waals surface area (Å²) < 4.78 is 82.0. The first-order chi connectivity index (χ1) is 27.9. The third-order valence-electron chi connectivity index (χ3n) is 6.82. The van der Waals surface area contributed by atoms with Crippen molar-refractivity contribution >= 4 is 131 Å². The van der Waals surface area contributed by atoms with Crippen molar-refractivity contribution < 1.29 is 79.6 Å². The second kappa shape index (κ2) is 21.0. The Bertz CT molecular complexity index is 2670. The monoisotopic (exact) mass is 952 g/mol. The number of aromatic hydroxyl groups is 1. The maximum atomic E-state index is 12.4. The third-order valence-corrected chi connectivity index (χ3v) is 10.6. The largest absolute Gasteiger partial charge is 0.505 e. The van der Waals surface area contributed by atoms with E-state index in [9.17, 15) is 40.6 Å². The SMILES string of the molecule is CC(=O)Nc1cc(S(=O)(=O)O)cc2cc(SOOO)c(N=Nc3cc(Nc4nc(Cl)nc(Nc5cccc(SOC(=O)CSOOO)c5)n4)ccc3S(=O)(=O)O)c(O)c12.O. The number of benzene rings is 4. The molecule has 10 N–H and O–H groups in total. The third kappa shape index (κ3) is 13.0. The number of halogens is 1. The van der Waals surface area contributed by atoms with E-state index < -0.39 is 59.0 Å². The Labute approximate surface area is 354 Å². The molecule has 31 heteroatoms. The second-order valence-corrected chi connectivity index (χ2v) is 16.2. The quantitative estimate of drug-likeness (QED) is 0.0125. The number of aromatic nitrogens is 3. The summed E-state index contributed by atoms with van der Waals surface area (Å²) >= 11 is 7.60. The number of hydrogen-bond acceptors (Lipinski definition) is 24. The molecule has 0 spiro atoms. The first kappa shape index (κ1) is 47.6. The van der Waals surface area contributed by atoms with Gasteiger partial charge in [-0.3, -0.25) is 18.7 Å². The minimum Gasteiger partial charge on any atom is -0.505 e. The fourth-order valence-corrected chi connectivity index (χ4v) is 7.34. The predicted molar refractivity (Wildman–Crippen MR) is 211 cm³/mol. The molecule has 1 aromatic heterocycles. The van der Waals surface area contributed by atoms with Crippen LogP contribution in [0.4, 0.5) is 40.3 Å². The lowest BCUT2D eigenvalue weighted by Gasteiger charge is -2.14. The fraction of sp³-hybridized carbons (Fsp3) is 0.0690. The lowest BCUT2D eigenvalue weighted by Crippen LogP contribution is -2.08. The summed E-state index contributed by atoms with van der Waals surface area (Å²) in [5.74, 6) is -2.73. The van der Waals surface area contributed by atoms with Crippen molar-refractivity contribution in [1.29, 1.82) is 0 Å². The molecule has 0 radical (unpaired) electrons. The molecule has 0 bridgehead atoms. The van der Waals surface area contributed by atoms with Crippen LogP contribution in [-0.4, -0.2) is 79.6 Å². The van der Waals surface area contributed by atoms with Crippen LogP contribution in [0.1, 0.15) is 6.92 Å². The molecular formula is C29H25ClN8O17S5. The van der Waals surface area contributed by atoms with E-state index in [4.69, 9.17) is 26.3 Å². The van der Waals surface area contributed by atoms with Gasteiger partial charge in [0, 0.05) is 35.7 Å². The zero-order valence-corrected chi connectivity index (χ0v) is 34.2. The number of anilines is 5. The van der Waals surface area contributed by atoms with Gasteiger partial charge in [0.2, 0.25) is 23.1 Å². The van der Waals surface area contributed by atoms with E-state index in [2.05, 4.69) is 59.9 Å². The lowest BCUT2D eigenvalue weighted by atomic mass is 10.1. The summed E-state index contributed by atoms with van der Waals surface area (Å²) in [5.41, 5.74) is -0.870. The molecule has 0 saturated heterocycles. The molecule has 5 aromatic rings. The van der Waals surface area contributed by atoms with Gasteiger partial charge in [0.25, 0.3) is 20.2 Å². The van der Waals surface area contributed by atoms with E-state index in [1.807, 2.05) is 0 Å². The number of nitrogens with zero attached hydrogens (tertiary/aromatic N) is 5. The summed E-state index contributed by atoms with van der Waals surface area (Å²) in [7, 11) is -9.82. The Balaban J connectivity index is 0.00000794. The highest BCUT2D eigenvalue weighted by Crippen LogP contribution is 2.47. The molecule has 0 unspecified atom stereocenters. The number of phenols is 1. The zero-order chi connectivity index (χ0) is 42.9. The smallest absolute Gasteiger partial charge is 0.330 e. The Hall–Kier alpha value is -5.03. The fourth-order valence-electron chi connectivity index (χ4n) is 4.66. The van der Waals surface area contributed by atoms with Crippen molar-refractivity contribution in [3.8, 4) is 5.75 Å². The van der Waals surface area contributed by atoms with Gasteiger partial charge in [-0.15, -0.1) is 18.9 Å². The molecule has 0 aliphatic carbocycles. The number of hydrogen-bond donors (Lipinski definition) is 8. The van der Waals surface area contributed by atoms with Crippen molar-refractivity contribution in [2.45, 2.75) is 26.5 Å². The minimum absolute atomic E-state index is 0. The highest BCUT2D eigenvalue weighted by Gasteiger charge is 2.23. The van der Waals surface area contributed by atoms with Crippen LogP contribution >= 0.6 is 47.7 Å². The van der Waals surface area contributed by atoms with Gasteiger partial charge in [0.1, 0.15) is 22.0 Å². The Morgan fingerprint density at radius 1 is 0.850 bits per heavy atom. The van der Waals surface area contributed by atoms with Crippen LogP contribution in [0.15, 0.2) is 90.5 Å². The van der Waals surface area contributed by atoms with Crippen LogP contribution in [0.3, 0.4) is 0 Å². The molecule has 0 saturated carbocycles. The topological polar surface area (TPSA) is 381 Å². The number of fused-ring (bicyclic) bond motifs is 1. The molecular weight excluding hydrogens is 928 g/mol. The molecule has 4 aromatic carbocycles. The molecule has 0 aliphatic rings. The van der Waals surface area contributed by atoms with Gasteiger partial charge in [0.05, 0.1) is 44.5 Å². The zero-order valence-electron chi connectivity index (χ0n) is 29.4. The first-order valence-electron chi connectivity index (χ1n) is 15.2. The van der Waals surface area contributed by atoms with E-state index in [1.54, 1.807) is 24.3 Å². The van der Waals surface area contributed by atoms with Gasteiger partial charge in [-0.1, -0.05) is 16.1 Å². The number of amides is 1. The predicted octanol–water partition coefficient (Wildman–Crippen LogP) is 5.96. The van der Waals surface area contributed by atoms with Crippen LogP contribution in [0, 0.1) is 0 Å². The second-order valence-electron chi connectivity index (χ2n) is 10.9. The van der Waals surface area contributed by atoms with Gasteiger partial charge in [0.15, 0.2) is 5.75 Å². The van der Waals surface area contributed by atoms with Crippen molar-refractivity contribution in [2.75, 3.05) is 21.7 Å². The van der Waals surface area contributed by atoms with Gasteiger partial charge in [-0.25, -0.2) is 10.5 Å². The average Bonchev–Trinajstić information content (AvgIpc) is 3.14. The molecule has 60 heavy (non-hydrogen) atoms. The molecule has 0 aliphatic heterocycles. The summed E-state index contributed by atoms with van der Waals surface area (Å²) in [4.78, 5) is 34.8. The van der Waals surface area contributed by atoms with Gasteiger partial charge < -0.3 is 30.7 Å². The highest BCUT2D eigenvalue weighted by atomic mass is 35.5. The van der Waals surface area contributed by atoms with E-state index in [-0.39, 0.29) is 67.5 Å². The number of carbonyl (C=O) groups is 2. The molecule has 1 heterocycles. The van der Waals surface area contributed by atoms with Crippen LogP contribution in [-0.2, 0) is 52.8 Å². The maximum Gasteiger partial charge on any atom is 0.330 e. The molecule has 1 amide bonds. The van der Waals surface area contributed by atoms with Crippen molar-refractivity contribution in [3.63, 3.8) is 0 Å². The number of rotatable bonds is 18. The van der Waals surface area contributed by atoms with Crippen LogP contribution < -0.4 is 16.0 Å². The molecule has 320 valence electrons. The van der Waals surface area contributed by atoms with Crippen LogP contribution in [0.5, 0.6) is 5.75 Å². The number of phenolic OH excluding ortho intramolecular Hbond substituents is 1. The molecule has 0 atom stereocenters. The standard InChI is InChI=1S/C29H23ClN8O16S5.H2O/c1-13(39)31-20-11-18(58(44,45)46)7-14-8-21(57-54-52-43)25(26(41)24(14)20)38-37-19-10-16(5-6-22(19)59(47,48)49)33-29-35-27(30)34-28(36-29)32-15-3-2-4-17(9-15)56-50-23(40)12-55-53-51-42;/h2-11,41-43H,12H2,1H3,(H,31,39)(H,44,45,46)(H,47,48,49)(H2,32,33,34,35,36);1H2. The van der Waals surface area contributed by atoms with E-state index >= 15 is 0 Å². The van der Waals surface area contributed by atoms with Crippen LogP contribution in [0.25, 0.3) is 10.8 Å². The Kier molecular flexibility index (Phi) is 16.7. The Morgan fingerprint density at radius 2 is 1.53 bits per heavy atom. The normalized spacial score (nSPS) is 11.6. The molecule has 25 nitrogen and oxygen atoms in total. The molecule has 0 fully saturated rings. The van der Waals surface area contributed by atoms with Crippen molar-refractivity contribution in [1.82, 2.24) is 15.0 Å². The average molecular weight is 953 g/mol. The number of nitrogens with one attached hydrogen (secondary N) is 3. The van der Waals surface area contributed by atoms with E-state index in [0.29, 0.717) is 22.6 Å². The number of carbonyl (C=O) groups excluding carboxylic acids is 2. The van der Waals surface area contributed by atoms with E-state index in [1.165, 1.54) is 6.07 Å². The highest BCUT2D eigenvalue weighted by molar-refractivity contribution is 7.96. The van der Waals surface area contributed by atoms with Gasteiger partial charge in [-0.05, 0) is 71.6 Å². The lowest BCUT2D eigenvalue weighted by molar-refractivity contribution is -0.432. The summed E-state index contributed by atoms with van der Waals surface area (Å²) in [6.07, 6.45) is 0. The molecule has 5 rings (SSSR count).